The van der Waals surface area contributed by atoms with Crippen molar-refractivity contribution in [2.45, 2.75) is 0 Å². The Labute approximate surface area is 99.1 Å². The summed E-state index contributed by atoms with van der Waals surface area (Å²) in [5.41, 5.74) is 1.51. The van der Waals surface area contributed by atoms with Gasteiger partial charge in [-0.1, -0.05) is 0 Å². The molecule has 0 spiro atoms. The molecule has 0 radical (unpaired) electrons. The molecule has 2 rings (SSSR count). The molecule has 1 aromatic carbocycles. The van der Waals surface area contributed by atoms with E-state index in [-0.39, 0.29) is 0 Å². The third-order valence-electron chi connectivity index (χ3n) is 2.17. The Bertz CT molecular complexity index is 542. The molecule has 0 unspecified atom stereocenters. The maximum Gasteiger partial charge on any atom is 0.224 e. The van der Waals surface area contributed by atoms with Crippen molar-refractivity contribution in [3.63, 3.8) is 0 Å². The normalized spacial score (nSPS) is 9.41. The first-order valence-corrected chi connectivity index (χ1v) is 5.10. The summed E-state index contributed by atoms with van der Waals surface area (Å²) in [7, 11) is 1.76. The van der Waals surface area contributed by atoms with Crippen LogP contribution in [0.15, 0.2) is 36.5 Å². The average molecular weight is 225 g/mol. The number of nitrogens with zero attached hydrogens (tertiary/aromatic N) is 3. The highest BCUT2D eigenvalue weighted by molar-refractivity contribution is 5.57. The smallest absolute Gasteiger partial charge is 0.224 e. The number of hydrogen-bond acceptors (Lipinski definition) is 5. The second-order valence-corrected chi connectivity index (χ2v) is 3.33. The van der Waals surface area contributed by atoms with Gasteiger partial charge in [0.15, 0.2) is 0 Å². The molecule has 0 aliphatic heterocycles. The van der Waals surface area contributed by atoms with E-state index in [0.717, 1.165) is 5.69 Å². The van der Waals surface area contributed by atoms with Gasteiger partial charge in [-0.05, 0) is 30.3 Å². The van der Waals surface area contributed by atoms with Gasteiger partial charge in [0.2, 0.25) is 5.95 Å². The second kappa shape index (κ2) is 4.94. The van der Waals surface area contributed by atoms with E-state index in [4.69, 9.17) is 5.26 Å². The van der Waals surface area contributed by atoms with Gasteiger partial charge in [0.05, 0.1) is 11.6 Å². The van der Waals surface area contributed by atoms with Crippen LogP contribution in [-0.4, -0.2) is 17.0 Å². The summed E-state index contributed by atoms with van der Waals surface area (Å²) in [4.78, 5) is 8.25. The second-order valence-electron chi connectivity index (χ2n) is 3.33. The summed E-state index contributed by atoms with van der Waals surface area (Å²) >= 11 is 0. The predicted molar refractivity (Wildman–Crippen MR) is 66.0 cm³/mol. The molecule has 0 saturated carbocycles. The molecular formula is C12H11N5. The highest BCUT2D eigenvalue weighted by atomic mass is 15.1. The Morgan fingerprint density at radius 3 is 2.59 bits per heavy atom. The van der Waals surface area contributed by atoms with Crippen molar-refractivity contribution in [1.29, 1.82) is 5.26 Å². The molecule has 0 amide bonds. The predicted octanol–water partition coefficient (Wildman–Crippen LogP) is 2.13. The van der Waals surface area contributed by atoms with Crippen molar-refractivity contribution >= 4 is 17.5 Å². The lowest BCUT2D eigenvalue weighted by Gasteiger charge is -2.06. The quantitative estimate of drug-likeness (QED) is 0.837. The minimum absolute atomic E-state index is 0.559. The molecule has 5 nitrogen and oxygen atoms in total. The van der Waals surface area contributed by atoms with E-state index in [1.807, 2.05) is 12.1 Å². The fraction of sp³-hybridized carbons (Fsp3) is 0.0833. The van der Waals surface area contributed by atoms with Crippen LogP contribution in [0, 0.1) is 11.3 Å². The van der Waals surface area contributed by atoms with Crippen LogP contribution >= 0.6 is 0 Å². The third kappa shape index (κ3) is 2.69. The first kappa shape index (κ1) is 10.9. The zero-order valence-electron chi connectivity index (χ0n) is 9.31. The molecule has 2 N–H and O–H groups in total. The molecule has 0 atom stereocenters. The van der Waals surface area contributed by atoms with Gasteiger partial charge >= 0.3 is 0 Å². The van der Waals surface area contributed by atoms with E-state index < -0.39 is 0 Å². The van der Waals surface area contributed by atoms with Gasteiger partial charge in [0, 0.05) is 18.9 Å². The molecule has 2 aromatic rings. The van der Waals surface area contributed by atoms with Crippen molar-refractivity contribution in [1.82, 2.24) is 9.97 Å². The van der Waals surface area contributed by atoms with Gasteiger partial charge in [-0.2, -0.15) is 10.2 Å². The molecule has 0 aliphatic carbocycles. The molecule has 1 heterocycles. The average Bonchev–Trinajstić information content (AvgIpc) is 2.40. The number of rotatable bonds is 3. The molecule has 0 saturated heterocycles. The monoisotopic (exact) mass is 225 g/mol. The molecule has 0 aliphatic rings. The van der Waals surface area contributed by atoms with Crippen molar-refractivity contribution in [2.24, 2.45) is 0 Å². The highest BCUT2D eigenvalue weighted by Crippen LogP contribution is 2.15. The van der Waals surface area contributed by atoms with Crippen molar-refractivity contribution in [3.8, 4) is 6.07 Å². The Morgan fingerprint density at radius 1 is 1.18 bits per heavy atom. The van der Waals surface area contributed by atoms with Crippen molar-refractivity contribution in [3.05, 3.63) is 42.1 Å². The summed E-state index contributed by atoms with van der Waals surface area (Å²) in [5.74, 6) is 1.26. The molecular weight excluding hydrogens is 214 g/mol. The molecule has 1 aromatic heterocycles. The minimum Gasteiger partial charge on any atom is -0.357 e. The Balaban J connectivity index is 2.16. The first-order chi connectivity index (χ1) is 8.31. The third-order valence-corrected chi connectivity index (χ3v) is 2.17. The standard InChI is InChI=1S/C12H11N5/c1-14-12-15-7-6-11(17-12)16-10-4-2-9(8-13)3-5-10/h2-7H,1H3,(H2,14,15,16,17). The Hall–Kier alpha value is -2.61. The topological polar surface area (TPSA) is 73.6 Å². The van der Waals surface area contributed by atoms with E-state index in [0.29, 0.717) is 17.3 Å². The van der Waals surface area contributed by atoms with E-state index in [2.05, 4.69) is 26.7 Å². The van der Waals surface area contributed by atoms with Gasteiger partial charge in [0.1, 0.15) is 5.82 Å². The van der Waals surface area contributed by atoms with E-state index >= 15 is 0 Å². The summed E-state index contributed by atoms with van der Waals surface area (Å²) in [6.07, 6.45) is 1.67. The van der Waals surface area contributed by atoms with Crippen LogP contribution in [0.4, 0.5) is 17.5 Å². The maximum atomic E-state index is 8.69. The van der Waals surface area contributed by atoms with E-state index in [9.17, 15) is 0 Å². The van der Waals surface area contributed by atoms with E-state index in [1.54, 1.807) is 31.4 Å². The Kier molecular flexibility index (Phi) is 3.17. The number of nitrogens with one attached hydrogen (secondary N) is 2. The highest BCUT2D eigenvalue weighted by Gasteiger charge is 1.98. The first-order valence-electron chi connectivity index (χ1n) is 5.10. The van der Waals surface area contributed by atoms with Gasteiger partial charge in [-0.15, -0.1) is 0 Å². The molecule has 17 heavy (non-hydrogen) atoms. The number of aromatic nitrogens is 2. The summed E-state index contributed by atoms with van der Waals surface area (Å²) in [6.45, 7) is 0. The van der Waals surface area contributed by atoms with Crippen LogP contribution in [0.1, 0.15) is 5.56 Å². The van der Waals surface area contributed by atoms with Crippen LogP contribution in [-0.2, 0) is 0 Å². The molecule has 0 fully saturated rings. The minimum atomic E-state index is 0.559. The number of anilines is 3. The Morgan fingerprint density at radius 2 is 1.94 bits per heavy atom. The largest absolute Gasteiger partial charge is 0.357 e. The number of nitriles is 1. The SMILES string of the molecule is CNc1nccc(Nc2ccc(C#N)cc2)n1. The van der Waals surface area contributed by atoms with Crippen LogP contribution in [0.5, 0.6) is 0 Å². The summed E-state index contributed by atoms with van der Waals surface area (Å²) in [6, 6.07) is 11.0. The lowest BCUT2D eigenvalue weighted by molar-refractivity contribution is 1.15. The molecule has 0 bridgehead atoms. The summed E-state index contributed by atoms with van der Waals surface area (Å²) in [5, 5.41) is 14.7. The number of benzene rings is 1. The molecule has 84 valence electrons. The fourth-order valence-electron chi connectivity index (χ4n) is 1.32. The van der Waals surface area contributed by atoms with Crippen LogP contribution in [0.2, 0.25) is 0 Å². The van der Waals surface area contributed by atoms with Crippen LogP contribution in [0.3, 0.4) is 0 Å². The van der Waals surface area contributed by atoms with Gasteiger partial charge in [0.25, 0.3) is 0 Å². The van der Waals surface area contributed by atoms with Gasteiger partial charge in [-0.3, -0.25) is 0 Å². The van der Waals surface area contributed by atoms with Gasteiger partial charge < -0.3 is 10.6 Å². The van der Waals surface area contributed by atoms with E-state index in [1.165, 1.54) is 0 Å². The maximum absolute atomic E-state index is 8.69. The van der Waals surface area contributed by atoms with Crippen LogP contribution in [0.25, 0.3) is 0 Å². The zero-order chi connectivity index (χ0) is 12.1. The van der Waals surface area contributed by atoms with Crippen molar-refractivity contribution < 1.29 is 0 Å². The lowest BCUT2D eigenvalue weighted by atomic mass is 10.2. The molecule has 5 heteroatoms. The summed E-state index contributed by atoms with van der Waals surface area (Å²) < 4.78 is 0. The zero-order valence-corrected chi connectivity index (χ0v) is 9.31. The van der Waals surface area contributed by atoms with Gasteiger partial charge in [-0.25, -0.2) is 4.98 Å². The lowest BCUT2D eigenvalue weighted by Crippen LogP contribution is -1.99. The van der Waals surface area contributed by atoms with Crippen LogP contribution < -0.4 is 10.6 Å². The van der Waals surface area contributed by atoms with Crippen molar-refractivity contribution in [2.75, 3.05) is 17.7 Å². The fourth-order valence-corrected chi connectivity index (χ4v) is 1.32. The number of hydrogen-bond donors (Lipinski definition) is 2.